The van der Waals surface area contributed by atoms with Crippen LogP contribution < -0.4 is 11.1 Å². The summed E-state index contributed by atoms with van der Waals surface area (Å²) in [6.45, 7) is 5.36. The zero-order valence-electron chi connectivity index (χ0n) is 12.2. The van der Waals surface area contributed by atoms with Crippen molar-refractivity contribution in [2.45, 2.75) is 32.2 Å². The van der Waals surface area contributed by atoms with Crippen LogP contribution in [0.5, 0.6) is 0 Å². The van der Waals surface area contributed by atoms with Crippen molar-refractivity contribution < 1.29 is 0 Å². The Kier molecular flexibility index (Phi) is 3.92. The summed E-state index contributed by atoms with van der Waals surface area (Å²) in [5, 5.41) is 3.15. The lowest BCUT2D eigenvalue weighted by molar-refractivity contribution is 0.315. The van der Waals surface area contributed by atoms with Crippen molar-refractivity contribution in [2.24, 2.45) is 16.6 Å². The quantitative estimate of drug-likeness (QED) is 0.652. The third-order valence-electron chi connectivity index (χ3n) is 4.22. The molecule has 108 valence electrons. The first-order valence-corrected chi connectivity index (χ1v) is 7.58. The van der Waals surface area contributed by atoms with E-state index in [1.807, 2.05) is 12.1 Å². The Labute approximate surface area is 121 Å². The van der Waals surface area contributed by atoms with Crippen LogP contribution in [0.1, 0.15) is 24.8 Å². The van der Waals surface area contributed by atoms with Gasteiger partial charge >= 0.3 is 0 Å². The first-order chi connectivity index (χ1) is 9.70. The molecule has 0 amide bonds. The number of hydrogen-bond acceptors (Lipinski definition) is 2. The molecule has 1 aliphatic carbocycles. The topological polar surface area (TPSA) is 53.6 Å². The van der Waals surface area contributed by atoms with Gasteiger partial charge in [0.2, 0.25) is 0 Å². The van der Waals surface area contributed by atoms with E-state index in [4.69, 9.17) is 5.73 Å². The van der Waals surface area contributed by atoms with Gasteiger partial charge in [0.25, 0.3) is 0 Å². The highest BCUT2D eigenvalue weighted by molar-refractivity contribution is 5.92. The molecule has 1 aromatic rings. The summed E-state index contributed by atoms with van der Waals surface area (Å²) < 4.78 is 0. The Hall–Kier alpha value is -1.55. The van der Waals surface area contributed by atoms with Gasteiger partial charge in [-0.3, -0.25) is 4.99 Å². The molecule has 20 heavy (non-hydrogen) atoms. The number of hydrogen-bond donors (Lipinski definition) is 2. The Bertz CT molecular complexity index is 476. The number of nitrogens with two attached hydrogens (primary N) is 1. The van der Waals surface area contributed by atoms with Crippen LogP contribution in [0.4, 0.5) is 5.69 Å². The van der Waals surface area contributed by atoms with Crippen molar-refractivity contribution in [2.75, 3.05) is 25.0 Å². The summed E-state index contributed by atoms with van der Waals surface area (Å²) in [6.07, 6.45) is 4.05. The molecule has 3 rings (SSSR count). The second kappa shape index (κ2) is 5.83. The summed E-state index contributed by atoms with van der Waals surface area (Å²) in [5.74, 6) is 1.20. The smallest absolute Gasteiger partial charge is 0.193 e. The van der Waals surface area contributed by atoms with Crippen LogP contribution in [0.15, 0.2) is 29.3 Å². The van der Waals surface area contributed by atoms with Crippen LogP contribution >= 0.6 is 0 Å². The first kappa shape index (κ1) is 13.4. The molecule has 2 aliphatic rings. The molecule has 1 atom stereocenters. The van der Waals surface area contributed by atoms with E-state index in [1.165, 1.54) is 37.9 Å². The van der Waals surface area contributed by atoms with Gasteiger partial charge < -0.3 is 16.0 Å². The molecular weight excluding hydrogens is 248 g/mol. The standard InChI is InChI=1S/C16H24N4/c1-12-2-4-14(5-3-12)19-16(17)18-10-13-8-9-20(11-13)15-6-7-15/h2-5,13,15H,6-11H2,1H3,(H3,17,18,19). The summed E-state index contributed by atoms with van der Waals surface area (Å²) in [5.41, 5.74) is 8.20. The van der Waals surface area contributed by atoms with Crippen LogP contribution in [-0.2, 0) is 0 Å². The zero-order valence-corrected chi connectivity index (χ0v) is 12.2. The van der Waals surface area contributed by atoms with Gasteiger partial charge in [0.1, 0.15) is 0 Å². The minimum absolute atomic E-state index is 0.527. The predicted octanol–water partition coefficient (Wildman–Crippen LogP) is 2.21. The minimum Gasteiger partial charge on any atom is -0.370 e. The van der Waals surface area contributed by atoms with Gasteiger partial charge in [0.15, 0.2) is 5.96 Å². The van der Waals surface area contributed by atoms with E-state index in [0.717, 1.165) is 18.3 Å². The summed E-state index contributed by atoms with van der Waals surface area (Å²) in [4.78, 5) is 7.11. The van der Waals surface area contributed by atoms with E-state index in [9.17, 15) is 0 Å². The Balaban J connectivity index is 1.47. The highest BCUT2D eigenvalue weighted by atomic mass is 15.2. The maximum Gasteiger partial charge on any atom is 0.193 e. The largest absolute Gasteiger partial charge is 0.370 e. The molecule has 4 heteroatoms. The molecule has 1 unspecified atom stereocenters. The number of rotatable bonds is 4. The number of benzene rings is 1. The van der Waals surface area contributed by atoms with Crippen molar-refractivity contribution in [3.63, 3.8) is 0 Å². The maximum atomic E-state index is 5.95. The van der Waals surface area contributed by atoms with E-state index < -0.39 is 0 Å². The maximum absolute atomic E-state index is 5.95. The Morgan fingerprint density at radius 1 is 1.30 bits per heavy atom. The first-order valence-electron chi connectivity index (χ1n) is 7.58. The molecule has 0 aromatic heterocycles. The Morgan fingerprint density at radius 2 is 2.05 bits per heavy atom. The number of nitrogens with zero attached hydrogens (tertiary/aromatic N) is 2. The average Bonchev–Trinajstić information content (AvgIpc) is 3.18. The fourth-order valence-corrected chi connectivity index (χ4v) is 2.83. The summed E-state index contributed by atoms with van der Waals surface area (Å²) in [7, 11) is 0. The fraction of sp³-hybridized carbons (Fsp3) is 0.562. The molecule has 1 heterocycles. The van der Waals surface area contributed by atoms with Crippen LogP contribution in [0.25, 0.3) is 0 Å². The molecule has 1 aliphatic heterocycles. The molecule has 1 saturated carbocycles. The number of aliphatic imine (C=N–C) groups is 1. The molecule has 2 fully saturated rings. The van der Waals surface area contributed by atoms with Gasteiger partial charge in [0, 0.05) is 24.8 Å². The molecule has 0 spiro atoms. The molecule has 0 bridgehead atoms. The Morgan fingerprint density at radius 3 is 2.75 bits per heavy atom. The van der Waals surface area contributed by atoms with Gasteiger partial charge in [0.05, 0.1) is 0 Å². The second-order valence-corrected chi connectivity index (χ2v) is 6.10. The molecule has 0 radical (unpaired) electrons. The summed E-state index contributed by atoms with van der Waals surface area (Å²) in [6, 6.07) is 9.08. The fourth-order valence-electron chi connectivity index (χ4n) is 2.83. The van der Waals surface area contributed by atoms with Crippen molar-refractivity contribution >= 4 is 11.6 Å². The van der Waals surface area contributed by atoms with Crippen LogP contribution in [0.2, 0.25) is 0 Å². The van der Waals surface area contributed by atoms with E-state index >= 15 is 0 Å². The predicted molar refractivity (Wildman–Crippen MR) is 84.0 cm³/mol. The lowest BCUT2D eigenvalue weighted by Crippen LogP contribution is -2.25. The molecular formula is C16H24N4. The monoisotopic (exact) mass is 272 g/mol. The van der Waals surface area contributed by atoms with Crippen molar-refractivity contribution in [1.29, 1.82) is 0 Å². The van der Waals surface area contributed by atoms with Crippen LogP contribution in [0.3, 0.4) is 0 Å². The molecule has 3 N–H and O–H groups in total. The van der Waals surface area contributed by atoms with Gasteiger partial charge in [-0.05, 0) is 50.8 Å². The van der Waals surface area contributed by atoms with E-state index in [1.54, 1.807) is 0 Å². The zero-order chi connectivity index (χ0) is 13.9. The number of anilines is 1. The van der Waals surface area contributed by atoms with Crippen LogP contribution in [0, 0.1) is 12.8 Å². The molecule has 1 saturated heterocycles. The SMILES string of the molecule is Cc1ccc(NC(N)=NCC2CCN(C3CC3)C2)cc1. The van der Waals surface area contributed by atoms with Gasteiger partial charge in [-0.1, -0.05) is 17.7 Å². The van der Waals surface area contributed by atoms with Gasteiger partial charge in [-0.2, -0.15) is 0 Å². The van der Waals surface area contributed by atoms with Crippen LogP contribution in [-0.4, -0.2) is 36.5 Å². The van der Waals surface area contributed by atoms with Gasteiger partial charge in [-0.15, -0.1) is 0 Å². The van der Waals surface area contributed by atoms with E-state index in [2.05, 4.69) is 34.3 Å². The third-order valence-corrected chi connectivity index (χ3v) is 4.22. The number of nitrogens with one attached hydrogen (secondary N) is 1. The molecule has 4 nitrogen and oxygen atoms in total. The highest BCUT2D eigenvalue weighted by Crippen LogP contribution is 2.31. The van der Waals surface area contributed by atoms with E-state index in [0.29, 0.717) is 11.9 Å². The lowest BCUT2D eigenvalue weighted by Gasteiger charge is -2.13. The number of likely N-dealkylation sites (tertiary alicyclic amines) is 1. The minimum atomic E-state index is 0.527. The summed E-state index contributed by atoms with van der Waals surface area (Å²) >= 11 is 0. The lowest BCUT2D eigenvalue weighted by atomic mass is 10.1. The highest BCUT2D eigenvalue weighted by Gasteiger charge is 2.34. The number of aryl methyl sites for hydroxylation is 1. The number of guanidine groups is 1. The van der Waals surface area contributed by atoms with Gasteiger partial charge in [-0.25, -0.2) is 0 Å². The van der Waals surface area contributed by atoms with Crippen molar-refractivity contribution in [1.82, 2.24) is 4.90 Å². The third kappa shape index (κ3) is 3.51. The van der Waals surface area contributed by atoms with Crippen molar-refractivity contribution in [3.8, 4) is 0 Å². The normalized spacial score (nSPS) is 24.1. The average molecular weight is 272 g/mol. The molecule has 1 aromatic carbocycles. The van der Waals surface area contributed by atoms with E-state index in [-0.39, 0.29) is 0 Å². The second-order valence-electron chi connectivity index (χ2n) is 6.10. The van der Waals surface area contributed by atoms with Crippen molar-refractivity contribution in [3.05, 3.63) is 29.8 Å².